The summed E-state index contributed by atoms with van der Waals surface area (Å²) in [5.41, 5.74) is -0.326. The molecule has 0 aliphatic heterocycles. The molecule has 0 fully saturated rings. The predicted octanol–water partition coefficient (Wildman–Crippen LogP) is 3.70. The maximum Gasteiger partial charge on any atom is 0.107 e. The van der Waals surface area contributed by atoms with Crippen LogP contribution in [0.15, 0.2) is 17.5 Å². The molecule has 0 radical (unpaired) electrons. The molecule has 0 unspecified atom stereocenters. The Labute approximate surface area is 102 Å². The van der Waals surface area contributed by atoms with Crippen LogP contribution >= 0.6 is 11.3 Å². The van der Waals surface area contributed by atoms with Crippen molar-refractivity contribution in [2.45, 2.75) is 51.6 Å². The van der Waals surface area contributed by atoms with Crippen LogP contribution in [0.4, 0.5) is 0 Å². The van der Waals surface area contributed by atoms with Crippen LogP contribution in [0.1, 0.15) is 44.4 Å². The standard InChI is InChI=1S/C13H20N2S/c1-3-7-13(11-14,8-4-2)15-10-12-6-5-9-16-12/h5-6,9,15H,3-4,7-8,10H2,1-2H3. The highest BCUT2D eigenvalue weighted by Gasteiger charge is 2.27. The molecule has 0 atom stereocenters. The average molecular weight is 236 g/mol. The minimum absolute atomic E-state index is 0.326. The molecule has 0 spiro atoms. The van der Waals surface area contributed by atoms with Gasteiger partial charge in [-0.05, 0) is 24.3 Å². The van der Waals surface area contributed by atoms with Crippen molar-refractivity contribution in [3.05, 3.63) is 22.4 Å². The lowest BCUT2D eigenvalue weighted by Gasteiger charge is -2.27. The first-order valence-corrected chi connectivity index (χ1v) is 6.83. The summed E-state index contributed by atoms with van der Waals surface area (Å²) in [6.07, 6.45) is 3.96. The molecule has 0 saturated carbocycles. The summed E-state index contributed by atoms with van der Waals surface area (Å²) >= 11 is 1.74. The average Bonchev–Trinajstić information content (AvgIpc) is 2.79. The highest BCUT2D eigenvalue weighted by atomic mass is 32.1. The first-order valence-electron chi connectivity index (χ1n) is 5.95. The first kappa shape index (κ1) is 13.2. The fourth-order valence-corrected chi connectivity index (χ4v) is 2.62. The highest BCUT2D eigenvalue weighted by molar-refractivity contribution is 7.09. The van der Waals surface area contributed by atoms with E-state index >= 15 is 0 Å². The molecule has 0 aliphatic carbocycles. The van der Waals surface area contributed by atoms with Crippen LogP contribution in [0.3, 0.4) is 0 Å². The SMILES string of the molecule is CCCC(C#N)(CCC)NCc1cccs1. The van der Waals surface area contributed by atoms with Crippen LogP contribution in [0.2, 0.25) is 0 Å². The second-order valence-corrected chi connectivity index (χ2v) is 5.16. The lowest BCUT2D eigenvalue weighted by molar-refractivity contribution is 0.352. The van der Waals surface area contributed by atoms with Crippen molar-refractivity contribution in [2.75, 3.05) is 0 Å². The van der Waals surface area contributed by atoms with Crippen LogP contribution in [-0.4, -0.2) is 5.54 Å². The second kappa shape index (κ2) is 6.67. The number of nitriles is 1. The van der Waals surface area contributed by atoms with Gasteiger partial charge in [-0.25, -0.2) is 0 Å². The number of hydrogen-bond acceptors (Lipinski definition) is 3. The Kier molecular flexibility index (Phi) is 5.51. The molecule has 1 N–H and O–H groups in total. The van der Waals surface area contributed by atoms with Gasteiger partial charge in [-0.15, -0.1) is 11.3 Å². The van der Waals surface area contributed by atoms with Gasteiger partial charge >= 0.3 is 0 Å². The van der Waals surface area contributed by atoms with Gasteiger partial charge in [0.2, 0.25) is 0 Å². The number of rotatable bonds is 7. The van der Waals surface area contributed by atoms with E-state index in [0.29, 0.717) is 0 Å². The molecule has 0 aliphatic rings. The summed E-state index contributed by atoms with van der Waals surface area (Å²) in [7, 11) is 0. The predicted molar refractivity (Wildman–Crippen MR) is 69.3 cm³/mol. The van der Waals surface area contributed by atoms with Crippen LogP contribution < -0.4 is 5.32 Å². The molecule has 1 aromatic heterocycles. The van der Waals surface area contributed by atoms with Crippen LogP contribution in [0, 0.1) is 11.3 Å². The Morgan fingerprint density at radius 3 is 2.50 bits per heavy atom. The Morgan fingerprint density at radius 2 is 2.06 bits per heavy atom. The van der Waals surface area contributed by atoms with E-state index in [0.717, 1.165) is 32.2 Å². The molecule has 0 amide bonds. The zero-order valence-corrected chi connectivity index (χ0v) is 10.9. The summed E-state index contributed by atoms with van der Waals surface area (Å²) in [5.74, 6) is 0. The molecule has 3 heteroatoms. The lowest BCUT2D eigenvalue weighted by atomic mass is 9.90. The maximum atomic E-state index is 9.36. The van der Waals surface area contributed by atoms with E-state index in [2.05, 4.69) is 42.7 Å². The monoisotopic (exact) mass is 236 g/mol. The second-order valence-electron chi connectivity index (χ2n) is 4.13. The van der Waals surface area contributed by atoms with Gasteiger partial charge in [-0.1, -0.05) is 32.8 Å². The fourth-order valence-electron chi connectivity index (χ4n) is 1.98. The Hall–Kier alpha value is -0.850. The highest BCUT2D eigenvalue weighted by Crippen LogP contribution is 2.20. The van der Waals surface area contributed by atoms with Crippen molar-refractivity contribution in [1.82, 2.24) is 5.32 Å². The lowest BCUT2D eigenvalue weighted by Crippen LogP contribution is -2.43. The van der Waals surface area contributed by atoms with Gasteiger partial charge in [-0.2, -0.15) is 5.26 Å². The number of nitrogens with zero attached hydrogens (tertiary/aromatic N) is 1. The minimum atomic E-state index is -0.326. The number of hydrogen-bond donors (Lipinski definition) is 1. The molecule has 0 bridgehead atoms. The van der Waals surface area contributed by atoms with E-state index in [-0.39, 0.29) is 5.54 Å². The van der Waals surface area contributed by atoms with E-state index in [1.54, 1.807) is 11.3 Å². The van der Waals surface area contributed by atoms with Gasteiger partial charge in [0, 0.05) is 11.4 Å². The fraction of sp³-hybridized carbons (Fsp3) is 0.615. The third kappa shape index (κ3) is 3.62. The molecule has 1 rings (SSSR count). The van der Waals surface area contributed by atoms with E-state index < -0.39 is 0 Å². The van der Waals surface area contributed by atoms with Crippen LogP contribution in [0.5, 0.6) is 0 Å². The molecule has 1 aromatic rings. The smallest absolute Gasteiger partial charge is 0.107 e. The van der Waals surface area contributed by atoms with Crippen LogP contribution in [-0.2, 0) is 6.54 Å². The molecule has 0 saturated heterocycles. The topological polar surface area (TPSA) is 35.8 Å². The largest absolute Gasteiger partial charge is 0.294 e. The van der Waals surface area contributed by atoms with Crippen molar-refractivity contribution in [3.63, 3.8) is 0 Å². The normalized spacial score (nSPS) is 11.3. The quantitative estimate of drug-likeness (QED) is 0.783. The molecule has 1 heterocycles. The Bertz CT molecular complexity index is 318. The third-order valence-corrected chi connectivity index (χ3v) is 3.63. The summed E-state index contributed by atoms with van der Waals surface area (Å²) in [4.78, 5) is 1.30. The van der Waals surface area contributed by atoms with Gasteiger partial charge in [0.15, 0.2) is 0 Å². The molecule has 0 aromatic carbocycles. The Morgan fingerprint density at radius 1 is 1.38 bits per heavy atom. The van der Waals surface area contributed by atoms with Gasteiger partial charge in [0.05, 0.1) is 6.07 Å². The van der Waals surface area contributed by atoms with Gasteiger partial charge < -0.3 is 0 Å². The van der Waals surface area contributed by atoms with Crippen molar-refractivity contribution in [3.8, 4) is 6.07 Å². The molecular formula is C13H20N2S. The zero-order valence-electron chi connectivity index (χ0n) is 10.1. The Balaban J connectivity index is 2.59. The number of thiophene rings is 1. The molecular weight excluding hydrogens is 216 g/mol. The van der Waals surface area contributed by atoms with Gasteiger partial charge in [-0.3, -0.25) is 5.32 Å². The van der Waals surface area contributed by atoms with Crippen molar-refractivity contribution in [1.29, 1.82) is 5.26 Å². The number of nitrogens with one attached hydrogen (secondary N) is 1. The first-order chi connectivity index (χ1) is 7.76. The van der Waals surface area contributed by atoms with E-state index in [4.69, 9.17) is 0 Å². The molecule has 2 nitrogen and oxygen atoms in total. The van der Waals surface area contributed by atoms with Crippen molar-refractivity contribution < 1.29 is 0 Å². The summed E-state index contributed by atoms with van der Waals surface area (Å²) in [6.45, 7) is 5.08. The van der Waals surface area contributed by atoms with E-state index in [1.165, 1.54) is 4.88 Å². The van der Waals surface area contributed by atoms with Crippen LogP contribution in [0.25, 0.3) is 0 Å². The van der Waals surface area contributed by atoms with E-state index in [9.17, 15) is 5.26 Å². The van der Waals surface area contributed by atoms with Crippen molar-refractivity contribution >= 4 is 11.3 Å². The van der Waals surface area contributed by atoms with Gasteiger partial charge in [0.1, 0.15) is 5.54 Å². The molecule has 16 heavy (non-hydrogen) atoms. The minimum Gasteiger partial charge on any atom is -0.294 e. The zero-order chi connectivity index (χ0) is 11.9. The van der Waals surface area contributed by atoms with Crippen molar-refractivity contribution in [2.24, 2.45) is 0 Å². The summed E-state index contributed by atoms with van der Waals surface area (Å²) in [6, 6.07) is 6.63. The summed E-state index contributed by atoms with van der Waals surface area (Å²) < 4.78 is 0. The molecule has 88 valence electrons. The maximum absolute atomic E-state index is 9.36. The van der Waals surface area contributed by atoms with Gasteiger partial charge in [0.25, 0.3) is 0 Å². The third-order valence-electron chi connectivity index (χ3n) is 2.75. The van der Waals surface area contributed by atoms with E-state index in [1.807, 2.05) is 0 Å². The summed E-state index contributed by atoms with van der Waals surface area (Å²) in [5, 5.41) is 14.9.